The number of carbonyl (C=O) groups excluding carboxylic acids is 1. The molecule has 2 aromatic carbocycles. The molecule has 0 spiro atoms. The van der Waals surface area contributed by atoms with Gasteiger partial charge >= 0.3 is 5.97 Å². The van der Waals surface area contributed by atoms with Crippen molar-refractivity contribution in [1.82, 2.24) is 9.27 Å². The van der Waals surface area contributed by atoms with Crippen LogP contribution >= 0.6 is 11.5 Å². The number of ether oxygens (including phenoxy) is 3. The number of fused-ring (bicyclic) bond motifs is 1. The van der Waals surface area contributed by atoms with Gasteiger partial charge in [-0.25, -0.2) is 4.79 Å². The molecule has 0 amide bonds. The smallest absolute Gasteiger partial charge is 0.336 e. The normalized spacial score (nSPS) is 14.5. The molecule has 4 rings (SSSR count). The van der Waals surface area contributed by atoms with Gasteiger partial charge in [0.25, 0.3) is 5.69 Å². The average molecular weight is 553 g/mol. The summed E-state index contributed by atoms with van der Waals surface area (Å²) >= 11 is 1.32. The van der Waals surface area contributed by atoms with E-state index in [4.69, 9.17) is 18.6 Å². The molecule has 10 nitrogen and oxygen atoms in total. The number of nitro groups is 1. The Hall–Kier alpha value is -3.96. The number of hydrogen-bond acceptors (Lipinski definition) is 10. The SMILES string of the molecule is CCOC(=O)C1=C(C)Nc2snc(CN(C)CCCOc3cccc(OC)c3)c2C1c1cccc([N+](=O)[O-])c1. The van der Waals surface area contributed by atoms with E-state index in [0.29, 0.717) is 30.0 Å². The van der Waals surface area contributed by atoms with Crippen molar-refractivity contribution < 1.29 is 23.9 Å². The van der Waals surface area contributed by atoms with Gasteiger partial charge in [-0.2, -0.15) is 4.37 Å². The largest absolute Gasteiger partial charge is 0.497 e. The van der Waals surface area contributed by atoms with Crippen molar-refractivity contribution in [2.45, 2.75) is 32.7 Å². The molecule has 0 aliphatic carbocycles. The maximum Gasteiger partial charge on any atom is 0.336 e. The third kappa shape index (κ3) is 6.55. The minimum Gasteiger partial charge on any atom is -0.497 e. The van der Waals surface area contributed by atoms with Crippen LogP contribution in [0.25, 0.3) is 0 Å². The number of hydrogen-bond donors (Lipinski definition) is 1. The highest BCUT2D eigenvalue weighted by Crippen LogP contribution is 2.46. The van der Waals surface area contributed by atoms with Gasteiger partial charge in [0.15, 0.2) is 0 Å². The van der Waals surface area contributed by atoms with Gasteiger partial charge in [0.1, 0.15) is 16.5 Å². The second-order valence-electron chi connectivity index (χ2n) is 9.16. The van der Waals surface area contributed by atoms with Gasteiger partial charge in [-0.15, -0.1) is 0 Å². The van der Waals surface area contributed by atoms with E-state index in [1.165, 1.54) is 23.7 Å². The third-order valence-electron chi connectivity index (χ3n) is 6.41. The Balaban J connectivity index is 1.54. The van der Waals surface area contributed by atoms with Crippen molar-refractivity contribution in [2.75, 3.05) is 39.2 Å². The van der Waals surface area contributed by atoms with Crippen LogP contribution < -0.4 is 14.8 Å². The molecule has 1 N–H and O–H groups in total. The van der Waals surface area contributed by atoms with E-state index < -0.39 is 16.8 Å². The van der Waals surface area contributed by atoms with Crippen LogP contribution in [-0.2, 0) is 16.1 Å². The fourth-order valence-corrected chi connectivity index (χ4v) is 5.50. The fraction of sp³-hybridized carbons (Fsp3) is 0.357. The Morgan fingerprint density at radius 2 is 1.97 bits per heavy atom. The maximum atomic E-state index is 13.1. The van der Waals surface area contributed by atoms with Crippen LogP contribution in [-0.4, -0.2) is 54.1 Å². The van der Waals surface area contributed by atoms with Gasteiger partial charge in [0, 0.05) is 48.5 Å². The molecule has 1 aromatic heterocycles. The molecular formula is C28H32N4O6S. The summed E-state index contributed by atoms with van der Waals surface area (Å²) in [5.74, 6) is 0.505. The van der Waals surface area contributed by atoms with Crippen molar-refractivity contribution in [2.24, 2.45) is 0 Å². The number of rotatable bonds is 12. The summed E-state index contributed by atoms with van der Waals surface area (Å²) < 4.78 is 21.2. The predicted octanol–water partition coefficient (Wildman–Crippen LogP) is 5.36. The Labute approximate surface area is 231 Å². The lowest BCUT2D eigenvalue weighted by molar-refractivity contribution is -0.384. The van der Waals surface area contributed by atoms with E-state index in [2.05, 4.69) is 10.2 Å². The van der Waals surface area contributed by atoms with Crippen molar-refractivity contribution in [3.8, 4) is 11.5 Å². The van der Waals surface area contributed by atoms with Crippen LogP contribution in [0.4, 0.5) is 10.7 Å². The van der Waals surface area contributed by atoms with E-state index in [9.17, 15) is 14.9 Å². The van der Waals surface area contributed by atoms with Gasteiger partial charge in [-0.1, -0.05) is 18.2 Å². The van der Waals surface area contributed by atoms with E-state index in [-0.39, 0.29) is 12.3 Å². The molecule has 39 heavy (non-hydrogen) atoms. The summed E-state index contributed by atoms with van der Waals surface area (Å²) in [6.07, 6.45) is 0.791. The van der Waals surface area contributed by atoms with E-state index in [0.717, 1.165) is 40.7 Å². The van der Waals surface area contributed by atoms with Crippen LogP contribution in [0.1, 0.15) is 43.0 Å². The average Bonchev–Trinajstić information content (AvgIpc) is 3.32. The molecule has 0 radical (unpaired) electrons. The number of methoxy groups -OCH3 is 1. The first-order chi connectivity index (χ1) is 18.8. The summed E-state index contributed by atoms with van der Waals surface area (Å²) in [5, 5.41) is 15.7. The minimum atomic E-state index is -0.543. The molecule has 11 heteroatoms. The number of allylic oxidation sites excluding steroid dienone is 1. The zero-order valence-electron chi connectivity index (χ0n) is 22.4. The zero-order chi connectivity index (χ0) is 27.9. The molecule has 1 unspecified atom stereocenters. The predicted molar refractivity (Wildman–Crippen MR) is 149 cm³/mol. The van der Waals surface area contributed by atoms with Crippen LogP contribution in [0.5, 0.6) is 11.5 Å². The molecule has 0 bridgehead atoms. The molecule has 1 aliphatic heterocycles. The summed E-state index contributed by atoms with van der Waals surface area (Å²) in [6, 6.07) is 13.9. The third-order valence-corrected chi connectivity index (χ3v) is 7.22. The highest BCUT2D eigenvalue weighted by molar-refractivity contribution is 7.10. The Bertz CT molecular complexity index is 1370. The van der Waals surface area contributed by atoms with Crippen molar-refractivity contribution in [3.05, 3.63) is 86.7 Å². The van der Waals surface area contributed by atoms with Gasteiger partial charge in [0.05, 0.1) is 36.5 Å². The summed E-state index contributed by atoms with van der Waals surface area (Å²) in [7, 11) is 3.63. The van der Waals surface area contributed by atoms with Crippen LogP contribution in [0.2, 0.25) is 0 Å². The van der Waals surface area contributed by atoms with Crippen LogP contribution in [0.3, 0.4) is 0 Å². The second-order valence-corrected chi connectivity index (χ2v) is 9.93. The summed E-state index contributed by atoms with van der Waals surface area (Å²) in [4.78, 5) is 26.3. The molecular weight excluding hydrogens is 520 g/mol. The lowest BCUT2D eigenvalue weighted by Crippen LogP contribution is -2.26. The van der Waals surface area contributed by atoms with Gasteiger partial charge in [-0.05, 0) is 56.5 Å². The number of anilines is 1. The Morgan fingerprint density at radius 1 is 1.21 bits per heavy atom. The fourth-order valence-electron chi connectivity index (χ4n) is 4.61. The molecule has 0 fully saturated rings. The molecule has 3 aromatic rings. The number of benzene rings is 2. The molecule has 206 valence electrons. The monoisotopic (exact) mass is 552 g/mol. The number of nitrogens with one attached hydrogen (secondary N) is 1. The Morgan fingerprint density at radius 3 is 2.72 bits per heavy atom. The minimum absolute atomic E-state index is 0.0358. The molecule has 1 atom stereocenters. The Kier molecular flexibility index (Phi) is 9.15. The molecule has 0 saturated heterocycles. The highest BCUT2D eigenvalue weighted by atomic mass is 32.1. The zero-order valence-corrected chi connectivity index (χ0v) is 23.2. The number of aromatic nitrogens is 1. The molecule has 2 heterocycles. The molecule has 0 saturated carbocycles. The van der Waals surface area contributed by atoms with E-state index >= 15 is 0 Å². The number of esters is 1. The van der Waals surface area contributed by atoms with Crippen molar-refractivity contribution in [3.63, 3.8) is 0 Å². The number of carbonyl (C=O) groups is 1. The summed E-state index contributed by atoms with van der Waals surface area (Å²) in [5.41, 5.74) is 3.34. The van der Waals surface area contributed by atoms with Crippen molar-refractivity contribution >= 4 is 28.2 Å². The highest BCUT2D eigenvalue weighted by Gasteiger charge is 2.37. The van der Waals surface area contributed by atoms with Gasteiger partial charge < -0.3 is 24.4 Å². The standard InChI is InChI=1S/C28H32N4O6S/c1-5-37-28(33)24-18(2)29-27-26(25(24)19-9-6-10-20(15-19)32(34)35)23(30-39-27)17-31(3)13-8-14-38-22-12-7-11-21(16-22)36-4/h6-7,9-12,15-16,25,29H,5,8,13-14,17H2,1-4H3. The first kappa shape index (κ1) is 28.1. The number of non-ortho nitro benzene ring substituents is 1. The first-order valence-corrected chi connectivity index (χ1v) is 13.4. The summed E-state index contributed by atoms with van der Waals surface area (Å²) in [6.45, 7) is 5.62. The van der Waals surface area contributed by atoms with Crippen molar-refractivity contribution in [1.29, 1.82) is 0 Å². The van der Waals surface area contributed by atoms with Crippen LogP contribution in [0.15, 0.2) is 59.8 Å². The quantitative estimate of drug-likeness (QED) is 0.137. The lowest BCUT2D eigenvalue weighted by Gasteiger charge is -2.29. The second kappa shape index (κ2) is 12.7. The topological polar surface area (TPSA) is 116 Å². The lowest BCUT2D eigenvalue weighted by atomic mass is 9.81. The van der Waals surface area contributed by atoms with Gasteiger partial charge in [0.2, 0.25) is 0 Å². The van der Waals surface area contributed by atoms with E-state index in [1.54, 1.807) is 26.2 Å². The number of nitro benzene ring substituents is 1. The maximum absolute atomic E-state index is 13.1. The van der Waals surface area contributed by atoms with Crippen LogP contribution in [0, 0.1) is 10.1 Å². The van der Waals surface area contributed by atoms with E-state index in [1.807, 2.05) is 38.2 Å². The van der Waals surface area contributed by atoms with Gasteiger partial charge in [-0.3, -0.25) is 10.1 Å². The number of nitrogens with zero attached hydrogens (tertiary/aromatic N) is 3. The first-order valence-electron chi connectivity index (χ1n) is 12.7. The molecule has 1 aliphatic rings.